The van der Waals surface area contributed by atoms with Crippen LogP contribution in [-0.4, -0.2) is 54.1 Å². The molecule has 2 heterocycles. The lowest BCUT2D eigenvalue weighted by atomic mass is 10.0. The Labute approximate surface area is 131 Å². The summed E-state index contributed by atoms with van der Waals surface area (Å²) in [6.07, 6.45) is 1.97. The lowest BCUT2D eigenvalue weighted by Gasteiger charge is -2.35. The van der Waals surface area contributed by atoms with Gasteiger partial charge in [0.05, 0.1) is 11.0 Å². The highest BCUT2D eigenvalue weighted by Gasteiger charge is 2.24. The van der Waals surface area contributed by atoms with Crippen molar-refractivity contribution in [2.24, 2.45) is 0 Å². The number of anilines is 1. The lowest BCUT2D eigenvalue weighted by Crippen LogP contribution is -2.42. The SMILES string of the molecule is CC(C)Oc1nc(N2CCC(N(C)C)CC2)ccc1[N+](=O)[O-]. The third kappa shape index (κ3) is 3.85. The van der Waals surface area contributed by atoms with Gasteiger partial charge in [-0.05, 0) is 46.9 Å². The van der Waals surface area contributed by atoms with Crippen LogP contribution in [0.3, 0.4) is 0 Å². The van der Waals surface area contributed by atoms with Crippen LogP contribution < -0.4 is 9.64 Å². The van der Waals surface area contributed by atoms with Crippen molar-refractivity contribution in [1.29, 1.82) is 0 Å². The quantitative estimate of drug-likeness (QED) is 0.614. The van der Waals surface area contributed by atoms with Gasteiger partial charge in [-0.2, -0.15) is 4.98 Å². The highest BCUT2D eigenvalue weighted by atomic mass is 16.6. The average Bonchev–Trinajstić information content (AvgIpc) is 2.46. The molecule has 1 fully saturated rings. The van der Waals surface area contributed by atoms with Gasteiger partial charge in [-0.25, -0.2) is 0 Å². The van der Waals surface area contributed by atoms with E-state index in [4.69, 9.17) is 4.74 Å². The normalized spacial score (nSPS) is 16.4. The first-order chi connectivity index (χ1) is 10.4. The molecule has 0 unspecified atom stereocenters. The maximum absolute atomic E-state index is 11.1. The van der Waals surface area contributed by atoms with Crippen molar-refractivity contribution >= 4 is 11.5 Å². The van der Waals surface area contributed by atoms with Crippen LogP contribution in [0.25, 0.3) is 0 Å². The summed E-state index contributed by atoms with van der Waals surface area (Å²) >= 11 is 0. The van der Waals surface area contributed by atoms with Gasteiger partial charge in [0.15, 0.2) is 0 Å². The first-order valence-corrected chi connectivity index (χ1v) is 7.62. The molecule has 0 N–H and O–H groups in total. The summed E-state index contributed by atoms with van der Waals surface area (Å²) in [7, 11) is 4.19. The fourth-order valence-corrected chi connectivity index (χ4v) is 2.66. The number of ether oxygens (including phenoxy) is 1. The maximum atomic E-state index is 11.1. The van der Waals surface area contributed by atoms with E-state index in [2.05, 4.69) is 28.9 Å². The Morgan fingerprint density at radius 1 is 1.36 bits per heavy atom. The Kier molecular flexibility index (Phi) is 5.18. The molecule has 7 nitrogen and oxygen atoms in total. The standard InChI is InChI=1S/C15H24N4O3/c1-11(2)22-15-13(19(20)21)5-6-14(16-15)18-9-7-12(8-10-18)17(3)4/h5-6,11-12H,7-10H2,1-4H3. The zero-order valence-electron chi connectivity index (χ0n) is 13.7. The maximum Gasteiger partial charge on any atom is 0.331 e. The number of hydrogen-bond acceptors (Lipinski definition) is 6. The molecule has 2 rings (SSSR count). The van der Waals surface area contributed by atoms with E-state index >= 15 is 0 Å². The molecule has 122 valence electrons. The fraction of sp³-hybridized carbons (Fsp3) is 0.667. The molecule has 0 bridgehead atoms. The topological polar surface area (TPSA) is 71.7 Å². The molecule has 22 heavy (non-hydrogen) atoms. The molecule has 0 amide bonds. The molecule has 0 saturated carbocycles. The van der Waals surface area contributed by atoms with Crippen molar-refractivity contribution in [1.82, 2.24) is 9.88 Å². The summed E-state index contributed by atoms with van der Waals surface area (Å²) in [6, 6.07) is 3.78. The predicted molar refractivity (Wildman–Crippen MR) is 85.6 cm³/mol. The largest absolute Gasteiger partial charge is 0.470 e. The van der Waals surface area contributed by atoms with Crippen molar-refractivity contribution in [3.05, 3.63) is 22.2 Å². The Morgan fingerprint density at radius 3 is 2.50 bits per heavy atom. The van der Waals surface area contributed by atoms with Crippen molar-refractivity contribution in [3.63, 3.8) is 0 Å². The molecule has 1 aromatic rings. The highest BCUT2D eigenvalue weighted by molar-refractivity contribution is 5.50. The van der Waals surface area contributed by atoms with Gasteiger partial charge in [0.1, 0.15) is 5.82 Å². The van der Waals surface area contributed by atoms with Crippen LogP contribution in [0, 0.1) is 10.1 Å². The number of pyridine rings is 1. The zero-order chi connectivity index (χ0) is 16.3. The van der Waals surface area contributed by atoms with Gasteiger partial charge in [-0.15, -0.1) is 0 Å². The van der Waals surface area contributed by atoms with E-state index in [1.807, 2.05) is 13.8 Å². The van der Waals surface area contributed by atoms with E-state index in [9.17, 15) is 10.1 Å². The van der Waals surface area contributed by atoms with Crippen molar-refractivity contribution in [2.45, 2.75) is 38.8 Å². The van der Waals surface area contributed by atoms with Gasteiger partial charge in [-0.1, -0.05) is 0 Å². The molecule has 0 aliphatic carbocycles. The number of nitro groups is 1. The van der Waals surface area contributed by atoms with E-state index in [1.54, 1.807) is 6.07 Å². The Hall–Kier alpha value is -1.89. The van der Waals surface area contributed by atoms with Gasteiger partial charge < -0.3 is 14.5 Å². The van der Waals surface area contributed by atoms with Gasteiger partial charge in [0.25, 0.3) is 5.88 Å². The molecule has 0 atom stereocenters. The highest BCUT2D eigenvalue weighted by Crippen LogP contribution is 2.30. The zero-order valence-corrected chi connectivity index (χ0v) is 13.7. The van der Waals surface area contributed by atoms with E-state index in [-0.39, 0.29) is 17.7 Å². The van der Waals surface area contributed by atoms with Crippen molar-refractivity contribution in [3.8, 4) is 5.88 Å². The van der Waals surface area contributed by atoms with Crippen molar-refractivity contribution in [2.75, 3.05) is 32.1 Å². The molecule has 1 aliphatic rings. The predicted octanol–water partition coefficient (Wildman–Crippen LogP) is 2.31. The van der Waals surface area contributed by atoms with Crippen LogP contribution in [0.1, 0.15) is 26.7 Å². The summed E-state index contributed by atoms with van der Waals surface area (Å²) in [5, 5.41) is 11.1. The van der Waals surface area contributed by atoms with Gasteiger partial charge >= 0.3 is 5.69 Å². The summed E-state index contributed by atoms with van der Waals surface area (Å²) in [5.74, 6) is 0.852. The molecule has 1 aliphatic heterocycles. The van der Waals surface area contributed by atoms with Crippen LogP contribution in [0.5, 0.6) is 5.88 Å². The summed E-state index contributed by atoms with van der Waals surface area (Å²) in [6.45, 7) is 5.46. The van der Waals surface area contributed by atoms with Crippen LogP contribution in [-0.2, 0) is 0 Å². The Morgan fingerprint density at radius 2 is 2.00 bits per heavy atom. The summed E-state index contributed by atoms with van der Waals surface area (Å²) in [4.78, 5) is 19.4. The van der Waals surface area contributed by atoms with Crippen LogP contribution in [0.4, 0.5) is 11.5 Å². The van der Waals surface area contributed by atoms with Crippen molar-refractivity contribution < 1.29 is 9.66 Å². The second kappa shape index (κ2) is 6.91. The molecule has 0 radical (unpaired) electrons. The molecular formula is C15H24N4O3. The molecule has 0 aromatic carbocycles. The van der Waals surface area contributed by atoms with Crippen LogP contribution in [0.15, 0.2) is 12.1 Å². The van der Waals surface area contributed by atoms with E-state index in [1.165, 1.54) is 6.07 Å². The first kappa shape index (κ1) is 16.5. The minimum atomic E-state index is -0.452. The average molecular weight is 308 g/mol. The van der Waals surface area contributed by atoms with Gasteiger partial charge in [0.2, 0.25) is 0 Å². The first-order valence-electron chi connectivity index (χ1n) is 7.62. The van der Waals surface area contributed by atoms with Gasteiger partial charge in [0, 0.05) is 25.2 Å². The molecule has 0 spiro atoms. The number of rotatable bonds is 5. The van der Waals surface area contributed by atoms with E-state index in [0.717, 1.165) is 31.7 Å². The second-order valence-corrected chi connectivity index (χ2v) is 6.10. The lowest BCUT2D eigenvalue weighted by molar-refractivity contribution is -0.386. The van der Waals surface area contributed by atoms with Crippen LogP contribution in [0.2, 0.25) is 0 Å². The second-order valence-electron chi connectivity index (χ2n) is 6.10. The molecule has 1 saturated heterocycles. The van der Waals surface area contributed by atoms with Gasteiger partial charge in [-0.3, -0.25) is 10.1 Å². The minimum absolute atomic E-state index is 0.0828. The number of aromatic nitrogens is 1. The minimum Gasteiger partial charge on any atom is -0.470 e. The number of piperidine rings is 1. The Balaban J connectivity index is 2.17. The number of hydrogen-bond donors (Lipinski definition) is 0. The molecule has 1 aromatic heterocycles. The molecule has 7 heteroatoms. The monoisotopic (exact) mass is 308 g/mol. The van der Waals surface area contributed by atoms with E-state index < -0.39 is 4.92 Å². The number of nitrogens with zero attached hydrogens (tertiary/aromatic N) is 4. The van der Waals surface area contributed by atoms with E-state index in [0.29, 0.717) is 6.04 Å². The summed E-state index contributed by atoms with van der Waals surface area (Å²) in [5.41, 5.74) is -0.0828. The smallest absolute Gasteiger partial charge is 0.331 e. The van der Waals surface area contributed by atoms with Crippen LogP contribution >= 0.6 is 0 Å². The third-order valence-corrected chi connectivity index (χ3v) is 3.89. The fourth-order valence-electron chi connectivity index (χ4n) is 2.66. The third-order valence-electron chi connectivity index (χ3n) is 3.89. The summed E-state index contributed by atoms with van der Waals surface area (Å²) < 4.78 is 5.51. The Bertz CT molecular complexity index is 526. The molecular weight excluding hydrogens is 284 g/mol.